The fourth-order valence-corrected chi connectivity index (χ4v) is 2.15. The van der Waals surface area contributed by atoms with Gasteiger partial charge in [0.2, 0.25) is 0 Å². The van der Waals surface area contributed by atoms with Crippen molar-refractivity contribution in [1.82, 2.24) is 5.43 Å². The molecular weight excluding hydrogens is 270 g/mol. The van der Waals surface area contributed by atoms with Crippen LogP contribution in [0.2, 0.25) is 5.02 Å². The molecule has 100 valence electrons. The third-order valence-electron chi connectivity index (χ3n) is 2.90. The van der Waals surface area contributed by atoms with E-state index in [4.69, 9.17) is 17.4 Å². The highest BCUT2D eigenvalue weighted by Crippen LogP contribution is 2.28. The van der Waals surface area contributed by atoms with Crippen LogP contribution in [0.4, 0.5) is 8.78 Å². The first-order chi connectivity index (χ1) is 9.02. The second-order valence-electron chi connectivity index (χ2n) is 4.29. The summed E-state index contributed by atoms with van der Waals surface area (Å²) in [6.07, 6.45) is 0. The van der Waals surface area contributed by atoms with Gasteiger partial charge in [-0.1, -0.05) is 29.3 Å². The second-order valence-corrected chi connectivity index (χ2v) is 4.73. The highest BCUT2D eigenvalue weighted by Gasteiger charge is 2.20. The molecular formula is C14H13ClF2N2. The molecule has 2 aromatic rings. The molecule has 0 spiro atoms. The van der Waals surface area contributed by atoms with Crippen LogP contribution < -0.4 is 11.3 Å². The molecule has 2 rings (SSSR count). The van der Waals surface area contributed by atoms with E-state index < -0.39 is 17.7 Å². The zero-order valence-electron chi connectivity index (χ0n) is 10.3. The lowest BCUT2D eigenvalue weighted by Gasteiger charge is -2.19. The van der Waals surface area contributed by atoms with Gasteiger partial charge >= 0.3 is 0 Å². The van der Waals surface area contributed by atoms with Gasteiger partial charge in [0, 0.05) is 16.1 Å². The number of hydrazine groups is 1. The van der Waals surface area contributed by atoms with E-state index in [1.165, 1.54) is 24.3 Å². The summed E-state index contributed by atoms with van der Waals surface area (Å²) >= 11 is 5.85. The van der Waals surface area contributed by atoms with Gasteiger partial charge in [0.1, 0.15) is 11.6 Å². The van der Waals surface area contributed by atoms with E-state index in [0.29, 0.717) is 5.02 Å². The van der Waals surface area contributed by atoms with Crippen molar-refractivity contribution in [2.24, 2.45) is 5.84 Å². The Bertz CT molecular complexity index is 550. The van der Waals surface area contributed by atoms with Crippen LogP contribution in [-0.2, 0) is 0 Å². The van der Waals surface area contributed by atoms with Gasteiger partial charge in [0.05, 0.1) is 6.04 Å². The van der Waals surface area contributed by atoms with E-state index in [0.717, 1.165) is 5.56 Å². The first kappa shape index (κ1) is 13.9. The minimum atomic E-state index is -0.793. The Morgan fingerprint density at radius 3 is 2.26 bits per heavy atom. The molecule has 1 atom stereocenters. The Morgan fingerprint density at radius 2 is 1.63 bits per heavy atom. The summed E-state index contributed by atoms with van der Waals surface area (Å²) < 4.78 is 27.7. The van der Waals surface area contributed by atoms with E-state index in [2.05, 4.69) is 5.43 Å². The number of benzene rings is 2. The third-order valence-corrected chi connectivity index (χ3v) is 3.13. The maximum Gasteiger partial charge on any atom is 0.128 e. The van der Waals surface area contributed by atoms with Crippen molar-refractivity contribution in [1.29, 1.82) is 0 Å². The lowest BCUT2D eigenvalue weighted by atomic mass is 9.97. The number of nitrogens with two attached hydrogens (primary N) is 1. The first-order valence-electron chi connectivity index (χ1n) is 5.70. The van der Waals surface area contributed by atoms with Crippen molar-refractivity contribution < 1.29 is 8.78 Å². The molecule has 0 aliphatic rings. The van der Waals surface area contributed by atoms with Gasteiger partial charge in [-0.05, 0) is 31.2 Å². The number of aryl methyl sites for hydroxylation is 1. The lowest BCUT2D eigenvalue weighted by molar-refractivity contribution is 0.531. The summed E-state index contributed by atoms with van der Waals surface area (Å²) in [6.45, 7) is 1.82. The molecule has 0 fully saturated rings. The van der Waals surface area contributed by atoms with E-state index in [-0.39, 0.29) is 11.1 Å². The van der Waals surface area contributed by atoms with Crippen LogP contribution in [0.1, 0.15) is 22.7 Å². The minimum Gasteiger partial charge on any atom is -0.271 e. The summed E-state index contributed by atoms with van der Waals surface area (Å²) in [5.41, 5.74) is 3.78. The normalized spacial score (nSPS) is 12.5. The van der Waals surface area contributed by atoms with Gasteiger partial charge < -0.3 is 0 Å². The molecule has 0 saturated carbocycles. The summed E-state index contributed by atoms with van der Waals surface area (Å²) in [7, 11) is 0. The average Bonchev–Trinajstić information content (AvgIpc) is 2.38. The Hall–Kier alpha value is -1.49. The SMILES string of the molecule is Cc1ccc(F)c(C(NN)c2cc(Cl)ccc2F)c1. The van der Waals surface area contributed by atoms with Gasteiger partial charge in [-0.25, -0.2) is 14.2 Å². The molecule has 1 unspecified atom stereocenters. The number of halogens is 3. The maximum atomic E-state index is 13.9. The zero-order chi connectivity index (χ0) is 14.0. The Morgan fingerprint density at radius 1 is 1.05 bits per heavy atom. The smallest absolute Gasteiger partial charge is 0.128 e. The molecule has 0 aromatic heterocycles. The Kier molecular flexibility index (Phi) is 4.14. The Labute approximate surface area is 115 Å². The predicted molar refractivity (Wildman–Crippen MR) is 71.7 cm³/mol. The van der Waals surface area contributed by atoms with E-state index in [9.17, 15) is 8.78 Å². The highest BCUT2D eigenvalue weighted by molar-refractivity contribution is 6.30. The van der Waals surface area contributed by atoms with Crippen LogP contribution in [0, 0.1) is 18.6 Å². The van der Waals surface area contributed by atoms with Crippen molar-refractivity contribution in [3.05, 3.63) is 69.7 Å². The zero-order valence-corrected chi connectivity index (χ0v) is 11.0. The summed E-state index contributed by atoms with van der Waals surface area (Å²) in [5, 5.41) is 0.365. The molecule has 19 heavy (non-hydrogen) atoms. The standard InChI is InChI=1S/C14H13ClF2N2/c1-8-2-4-12(16)10(6-8)14(19-18)11-7-9(15)3-5-13(11)17/h2-7,14,19H,18H2,1H3. The fraction of sp³-hybridized carbons (Fsp3) is 0.143. The number of rotatable bonds is 3. The van der Waals surface area contributed by atoms with E-state index in [1.54, 1.807) is 12.1 Å². The second kappa shape index (κ2) is 5.65. The number of hydrogen-bond acceptors (Lipinski definition) is 2. The van der Waals surface area contributed by atoms with Gasteiger partial charge in [0.15, 0.2) is 0 Å². The number of nitrogens with one attached hydrogen (secondary N) is 1. The molecule has 0 radical (unpaired) electrons. The molecule has 0 heterocycles. The largest absolute Gasteiger partial charge is 0.271 e. The van der Waals surface area contributed by atoms with Crippen LogP contribution in [-0.4, -0.2) is 0 Å². The van der Waals surface area contributed by atoms with E-state index >= 15 is 0 Å². The van der Waals surface area contributed by atoms with Crippen LogP contribution in [0.3, 0.4) is 0 Å². The molecule has 2 aromatic carbocycles. The van der Waals surface area contributed by atoms with Crippen molar-refractivity contribution in [3.63, 3.8) is 0 Å². The molecule has 0 amide bonds. The predicted octanol–water partition coefficient (Wildman–Crippen LogP) is 3.48. The minimum absolute atomic E-state index is 0.208. The first-order valence-corrected chi connectivity index (χ1v) is 6.08. The topological polar surface area (TPSA) is 38.0 Å². The summed E-state index contributed by atoms with van der Waals surface area (Å²) in [4.78, 5) is 0. The molecule has 3 N–H and O–H groups in total. The van der Waals surface area contributed by atoms with Crippen LogP contribution in [0.25, 0.3) is 0 Å². The van der Waals surface area contributed by atoms with Gasteiger partial charge in [0.25, 0.3) is 0 Å². The van der Waals surface area contributed by atoms with Crippen LogP contribution in [0.5, 0.6) is 0 Å². The molecule has 5 heteroatoms. The quantitative estimate of drug-likeness (QED) is 0.668. The van der Waals surface area contributed by atoms with Crippen molar-refractivity contribution in [2.45, 2.75) is 13.0 Å². The highest BCUT2D eigenvalue weighted by atomic mass is 35.5. The molecule has 0 aliphatic carbocycles. The fourth-order valence-electron chi connectivity index (χ4n) is 1.97. The van der Waals surface area contributed by atoms with Crippen molar-refractivity contribution >= 4 is 11.6 Å². The molecule has 0 bridgehead atoms. The summed E-state index contributed by atoms with van der Waals surface area (Å²) in [5.74, 6) is 4.50. The van der Waals surface area contributed by atoms with Gasteiger partial charge in [-0.15, -0.1) is 0 Å². The van der Waals surface area contributed by atoms with Crippen LogP contribution >= 0.6 is 11.6 Å². The van der Waals surface area contributed by atoms with Crippen molar-refractivity contribution in [3.8, 4) is 0 Å². The average molecular weight is 283 g/mol. The van der Waals surface area contributed by atoms with Crippen LogP contribution in [0.15, 0.2) is 36.4 Å². The summed E-state index contributed by atoms with van der Waals surface area (Å²) in [6, 6.07) is 7.90. The molecule has 2 nitrogen and oxygen atoms in total. The maximum absolute atomic E-state index is 13.9. The molecule has 0 aliphatic heterocycles. The van der Waals surface area contributed by atoms with E-state index in [1.807, 2.05) is 6.92 Å². The van der Waals surface area contributed by atoms with Crippen molar-refractivity contribution in [2.75, 3.05) is 0 Å². The van der Waals surface area contributed by atoms with Gasteiger partial charge in [-0.2, -0.15) is 0 Å². The molecule has 0 saturated heterocycles. The number of hydrogen-bond donors (Lipinski definition) is 2. The Balaban J connectivity index is 2.55. The monoisotopic (exact) mass is 282 g/mol. The third kappa shape index (κ3) is 2.92. The van der Waals surface area contributed by atoms with Gasteiger partial charge in [-0.3, -0.25) is 5.84 Å². The lowest BCUT2D eigenvalue weighted by Crippen LogP contribution is -2.30.